The van der Waals surface area contributed by atoms with E-state index in [1.165, 1.54) is 0 Å². The fraction of sp³-hybridized carbons (Fsp3) is 1.00. The molecule has 0 aliphatic carbocycles. The third-order valence-corrected chi connectivity index (χ3v) is 4.87. The van der Waals surface area contributed by atoms with Crippen LogP contribution in [0.4, 0.5) is 0 Å². The van der Waals surface area contributed by atoms with Crippen molar-refractivity contribution in [2.75, 3.05) is 12.3 Å². The van der Waals surface area contributed by atoms with E-state index in [9.17, 15) is 4.21 Å². The summed E-state index contributed by atoms with van der Waals surface area (Å²) < 4.78 is 11.8. The molecular formula is C11H25NOS. The molecule has 3 heteroatoms. The van der Waals surface area contributed by atoms with Gasteiger partial charge in [-0.25, -0.2) is 0 Å². The third kappa shape index (κ3) is 5.11. The minimum Gasteiger partial charge on any atom is -0.330 e. The summed E-state index contributed by atoms with van der Waals surface area (Å²) in [5, 5.41) is 0.295. The highest BCUT2D eigenvalue weighted by Crippen LogP contribution is 2.20. The Morgan fingerprint density at radius 1 is 1.29 bits per heavy atom. The molecule has 0 saturated carbocycles. The van der Waals surface area contributed by atoms with Crippen LogP contribution < -0.4 is 5.73 Å². The highest BCUT2D eigenvalue weighted by atomic mass is 32.2. The summed E-state index contributed by atoms with van der Waals surface area (Å²) >= 11 is 0. The van der Waals surface area contributed by atoms with Crippen molar-refractivity contribution in [1.82, 2.24) is 0 Å². The van der Waals surface area contributed by atoms with E-state index in [0.717, 1.165) is 12.2 Å². The highest BCUT2D eigenvalue weighted by Gasteiger charge is 2.20. The second kappa shape index (κ2) is 5.86. The van der Waals surface area contributed by atoms with Crippen molar-refractivity contribution in [3.63, 3.8) is 0 Å². The number of hydrogen-bond acceptors (Lipinski definition) is 2. The van der Waals surface area contributed by atoms with E-state index in [-0.39, 0.29) is 5.41 Å². The monoisotopic (exact) mass is 219 g/mol. The SMILES string of the molecule is CC(C)C(C)S(=O)CCC(C)(C)CN. The summed E-state index contributed by atoms with van der Waals surface area (Å²) in [6.45, 7) is 11.2. The average molecular weight is 219 g/mol. The van der Waals surface area contributed by atoms with Crippen LogP contribution in [0.5, 0.6) is 0 Å². The smallest absolute Gasteiger partial charge is 0.0342 e. The van der Waals surface area contributed by atoms with Gasteiger partial charge in [-0.1, -0.05) is 34.6 Å². The van der Waals surface area contributed by atoms with Gasteiger partial charge in [0.05, 0.1) is 0 Å². The molecule has 0 fully saturated rings. The fourth-order valence-corrected chi connectivity index (χ4v) is 2.70. The van der Waals surface area contributed by atoms with Gasteiger partial charge in [0.1, 0.15) is 0 Å². The molecule has 0 spiro atoms. The molecule has 0 aliphatic heterocycles. The van der Waals surface area contributed by atoms with Crippen molar-refractivity contribution in [3.8, 4) is 0 Å². The van der Waals surface area contributed by atoms with Crippen molar-refractivity contribution >= 4 is 10.8 Å². The minimum atomic E-state index is -0.699. The van der Waals surface area contributed by atoms with Gasteiger partial charge in [0, 0.05) is 21.8 Å². The molecule has 2 N–H and O–H groups in total. The molecule has 0 heterocycles. The van der Waals surface area contributed by atoms with Crippen LogP contribution in [0, 0.1) is 11.3 Å². The normalized spacial score (nSPS) is 17.1. The maximum atomic E-state index is 11.8. The maximum absolute atomic E-state index is 11.8. The van der Waals surface area contributed by atoms with E-state index in [1.54, 1.807) is 0 Å². The molecule has 0 amide bonds. The molecule has 0 aromatic rings. The summed E-state index contributed by atoms with van der Waals surface area (Å²) in [4.78, 5) is 0. The lowest BCUT2D eigenvalue weighted by atomic mass is 9.91. The van der Waals surface area contributed by atoms with Gasteiger partial charge >= 0.3 is 0 Å². The van der Waals surface area contributed by atoms with Gasteiger partial charge in [0.25, 0.3) is 0 Å². The van der Waals surface area contributed by atoms with Gasteiger partial charge in [0.15, 0.2) is 0 Å². The number of rotatable bonds is 6. The molecule has 0 aliphatic rings. The zero-order valence-electron chi connectivity index (χ0n) is 10.2. The van der Waals surface area contributed by atoms with E-state index in [0.29, 0.717) is 17.7 Å². The lowest BCUT2D eigenvalue weighted by molar-refractivity contribution is 0.366. The second-order valence-corrected chi connectivity index (χ2v) is 7.07. The average Bonchev–Trinajstić information content (AvgIpc) is 2.13. The molecular weight excluding hydrogens is 194 g/mol. The Hall–Kier alpha value is 0.110. The topological polar surface area (TPSA) is 43.1 Å². The number of nitrogens with two attached hydrogens (primary N) is 1. The Morgan fingerprint density at radius 2 is 1.79 bits per heavy atom. The zero-order chi connectivity index (χ0) is 11.4. The van der Waals surface area contributed by atoms with Crippen LogP contribution in [0.3, 0.4) is 0 Å². The summed E-state index contributed by atoms with van der Waals surface area (Å²) in [5.41, 5.74) is 5.76. The number of hydrogen-bond donors (Lipinski definition) is 1. The van der Waals surface area contributed by atoms with E-state index in [1.807, 2.05) is 0 Å². The fourth-order valence-electron chi connectivity index (χ4n) is 0.968. The van der Waals surface area contributed by atoms with Crippen LogP contribution in [0.15, 0.2) is 0 Å². The minimum absolute atomic E-state index is 0.131. The summed E-state index contributed by atoms with van der Waals surface area (Å²) in [5.74, 6) is 1.28. The summed E-state index contributed by atoms with van der Waals surface area (Å²) in [7, 11) is -0.699. The van der Waals surface area contributed by atoms with Gasteiger partial charge < -0.3 is 5.73 Å². The Morgan fingerprint density at radius 3 is 2.14 bits per heavy atom. The quantitative estimate of drug-likeness (QED) is 0.744. The predicted molar refractivity (Wildman–Crippen MR) is 64.8 cm³/mol. The first-order valence-electron chi connectivity index (χ1n) is 5.37. The van der Waals surface area contributed by atoms with E-state index in [4.69, 9.17) is 5.73 Å². The second-order valence-electron chi connectivity index (χ2n) is 5.15. The van der Waals surface area contributed by atoms with Crippen molar-refractivity contribution in [2.24, 2.45) is 17.1 Å². The summed E-state index contributed by atoms with van der Waals surface area (Å²) in [6.07, 6.45) is 0.952. The van der Waals surface area contributed by atoms with Crippen LogP contribution >= 0.6 is 0 Å². The maximum Gasteiger partial charge on any atom is 0.0342 e. The van der Waals surface area contributed by atoms with Crippen LogP contribution in [0.25, 0.3) is 0 Å². The van der Waals surface area contributed by atoms with E-state index in [2.05, 4.69) is 34.6 Å². The summed E-state index contributed by atoms with van der Waals surface area (Å²) in [6, 6.07) is 0. The van der Waals surface area contributed by atoms with Gasteiger partial charge in [-0.05, 0) is 24.3 Å². The molecule has 14 heavy (non-hydrogen) atoms. The highest BCUT2D eigenvalue weighted by molar-refractivity contribution is 7.85. The molecule has 0 aromatic heterocycles. The Labute approximate surface area is 91.1 Å². The van der Waals surface area contributed by atoms with E-state index < -0.39 is 10.8 Å². The molecule has 0 radical (unpaired) electrons. The van der Waals surface area contributed by atoms with Crippen LogP contribution in [-0.4, -0.2) is 21.8 Å². The van der Waals surface area contributed by atoms with Gasteiger partial charge in [0.2, 0.25) is 0 Å². The van der Waals surface area contributed by atoms with Gasteiger partial charge in [-0.3, -0.25) is 4.21 Å². The Balaban J connectivity index is 3.97. The van der Waals surface area contributed by atoms with Crippen molar-refractivity contribution in [2.45, 2.75) is 46.3 Å². The lowest BCUT2D eigenvalue weighted by Gasteiger charge is -2.23. The first kappa shape index (κ1) is 14.1. The van der Waals surface area contributed by atoms with Gasteiger partial charge in [-0.2, -0.15) is 0 Å². The largest absolute Gasteiger partial charge is 0.330 e. The van der Waals surface area contributed by atoms with Crippen LogP contribution in [0.2, 0.25) is 0 Å². The lowest BCUT2D eigenvalue weighted by Crippen LogP contribution is -2.28. The zero-order valence-corrected chi connectivity index (χ0v) is 11.0. The first-order chi connectivity index (χ1) is 6.30. The standard InChI is InChI=1S/C11H25NOS/c1-9(2)10(3)14(13)7-6-11(4,5)8-12/h9-10H,6-8,12H2,1-5H3. The molecule has 0 rings (SSSR count). The van der Waals surface area contributed by atoms with Crippen molar-refractivity contribution in [3.05, 3.63) is 0 Å². The molecule has 0 aromatic carbocycles. The van der Waals surface area contributed by atoms with Crippen LogP contribution in [-0.2, 0) is 10.8 Å². The van der Waals surface area contributed by atoms with Crippen molar-refractivity contribution < 1.29 is 4.21 Å². The molecule has 86 valence electrons. The molecule has 2 unspecified atom stereocenters. The molecule has 0 saturated heterocycles. The molecule has 0 bridgehead atoms. The third-order valence-electron chi connectivity index (χ3n) is 2.89. The molecule has 2 nitrogen and oxygen atoms in total. The Bertz CT molecular complexity index is 190. The van der Waals surface area contributed by atoms with Crippen molar-refractivity contribution in [1.29, 1.82) is 0 Å². The predicted octanol–water partition coefficient (Wildman–Crippen LogP) is 2.15. The Kier molecular flexibility index (Phi) is 5.91. The van der Waals surface area contributed by atoms with Crippen LogP contribution in [0.1, 0.15) is 41.0 Å². The first-order valence-corrected chi connectivity index (χ1v) is 6.75. The van der Waals surface area contributed by atoms with E-state index >= 15 is 0 Å². The molecule has 2 atom stereocenters. The van der Waals surface area contributed by atoms with Gasteiger partial charge in [-0.15, -0.1) is 0 Å².